The lowest BCUT2D eigenvalue weighted by Crippen LogP contribution is -2.27. The molecule has 1 saturated heterocycles. The van der Waals surface area contributed by atoms with Gasteiger partial charge < -0.3 is 4.74 Å². The first-order chi connectivity index (χ1) is 4.34. The molecule has 3 heteroatoms. The number of hydrogen-bond donors (Lipinski definition) is 0. The van der Waals surface area contributed by atoms with Crippen LogP contribution in [0.1, 0.15) is 12.8 Å². The Kier molecular flexibility index (Phi) is 2.49. The normalized spacial score (nSPS) is 35.6. The zero-order valence-corrected chi connectivity index (χ0v) is 6.60. The summed E-state index contributed by atoms with van der Waals surface area (Å²) in [6.07, 6.45) is 1.89. The van der Waals surface area contributed by atoms with Crippen LogP contribution in [0.4, 0.5) is 0 Å². The van der Waals surface area contributed by atoms with Crippen molar-refractivity contribution < 1.29 is 4.74 Å². The van der Waals surface area contributed by atoms with E-state index in [-0.39, 0.29) is 10.9 Å². The SMILES string of the molecule is N#C[C@@H]1OCCC[C@@H]1Br. The summed E-state index contributed by atoms with van der Waals surface area (Å²) in [5.41, 5.74) is 0. The molecule has 0 radical (unpaired) electrons. The smallest absolute Gasteiger partial charge is 0.156 e. The molecule has 1 rings (SSSR count). The molecular formula is C6H8BrNO. The van der Waals surface area contributed by atoms with Crippen molar-refractivity contribution in [2.75, 3.05) is 6.61 Å². The Bertz CT molecular complexity index is 132. The van der Waals surface area contributed by atoms with Crippen LogP contribution in [0.5, 0.6) is 0 Å². The quantitative estimate of drug-likeness (QED) is 0.541. The van der Waals surface area contributed by atoms with Gasteiger partial charge in [-0.1, -0.05) is 15.9 Å². The number of nitriles is 1. The summed E-state index contributed by atoms with van der Waals surface area (Å²) < 4.78 is 5.13. The van der Waals surface area contributed by atoms with Gasteiger partial charge in [0.2, 0.25) is 0 Å². The number of hydrogen-bond acceptors (Lipinski definition) is 2. The Hall–Kier alpha value is -0.0700. The van der Waals surface area contributed by atoms with Crippen molar-refractivity contribution in [1.82, 2.24) is 0 Å². The largest absolute Gasteiger partial charge is 0.362 e. The lowest BCUT2D eigenvalue weighted by atomic mass is 10.1. The van der Waals surface area contributed by atoms with E-state index in [1.807, 2.05) is 0 Å². The maximum absolute atomic E-state index is 8.46. The molecule has 1 aliphatic heterocycles. The summed E-state index contributed by atoms with van der Waals surface area (Å²) >= 11 is 3.37. The molecule has 0 aromatic heterocycles. The Labute approximate surface area is 62.9 Å². The highest BCUT2D eigenvalue weighted by atomic mass is 79.9. The first-order valence-corrected chi connectivity index (χ1v) is 3.91. The topological polar surface area (TPSA) is 33.0 Å². The third-order valence-corrected chi connectivity index (χ3v) is 2.32. The van der Waals surface area contributed by atoms with Crippen LogP contribution in [0.3, 0.4) is 0 Å². The molecule has 0 aromatic carbocycles. The second-order valence-electron chi connectivity index (χ2n) is 2.08. The van der Waals surface area contributed by atoms with E-state index >= 15 is 0 Å². The predicted octanol–water partition coefficient (Wildman–Crippen LogP) is 1.45. The van der Waals surface area contributed by atoms with Crippen LogP contribution in [0.25, 0.3) is 0 Å². The van der Waals surface area contributed by atoms with Crippen molar-refractivity contribution in [3.05, 3.63) is 0 Å². The van der Waals surface area contributed by atoms with Gasteiger partial charge in [-0.25, -0.2) is 0 Å². The van der Waals surface area contributed by atoms with E-state index in [9.17, 15) is 0 Å². The summed E-state index contributed by atoms with van der Waals surface area (Å²) in [5, 5.41) is 8.46. The van der Waals surface area contributed by atoms with Crippen molar-refractivity contribution >= 4 is 15.9 Å². The van der Waals surface area contributed by atoms with Gasteiger partial charge in [0.25, 0.3) is 0 Å². The highest BCUT2D eigenvalue weighted by molar-refractivity contribution is 9.09. The number of nitrogens with zero attached hydrogens (tertiary/aromatic N) is 1. The summed E-state index contributed by atoms with van der Waals surface area (Å²) in [4.78, 5) is 0.247. The standard InChI is InChI=1S/C6H8BrNO/c7-5-2-1-3-9-6(5)4-8/h5-6H,1-3H2/t5-,6-/m0/s1. The van der Waals surface area contributed by atoms with Crippen LogP contribution in [-0.4, -0.2) is 17.5 Å². The molecule has 9 heavy (non-hydrogen) atoms. The average molecular weight is 190 g/mol. The molecule has 0 saturated carbocycles. The molecule has 0 unspecified atom stereocenters. The monoisotopic (exact) mass is 189 g/mol. The van der Waals surface area contributed by atoms with Crippen LogP contribution < -0.4 is 0 Å². The van der Waals surface area contributed by atoms with Crippen molar-refractivity contribution in [3.8, 4) is 6.07 Å². The molecule has 1 heterocycles. The van der Waals surface area contributed by atoms with Crippen LogP contribution in [0.15, 0.2) is 0 Å². The molecule has 0 aliphatic carbocycles. The Balaban J connectivity index is 2.41. The minimum absolute atomic E-state index is 0.223. The van der Waals surface area contributed by atoms with Gasteiger partial charge in [0, 0.05) is 6.61 Å². The fourth-order valence-electron chi connectivity index (χ4n) is 0.863. The van der Waals surface area contributed by atoms with Gasteiger partial charge in [-0.3, -0.25) is 0 Å². The molecule has 50 valence electrons. The van der Waals surface area contributed by atoms with Gasteiger partial charge in [0.15, 0.2) is 6.10 Å². The summed E-state index contributed by atoms with van der Waals surface area (Å²) in [6.45, 7) is 0.736. The van der Waals surface area contributed by atoms with E-state index in [0.717, 1.165) is 19.4 Å². The fraction of sp³-hybridized carbons (Fsp3) is 0.833. The number of halogens is 1. The molecule has 0 N–H and O–H groups in total. The van der Waals surface area contributed by atoms with Crippen molar-refractivity contribution in [3.63, 3.8) is 0 Å². The van der Waals surface area contributed by atoms with Gasteiger partial charge in [0.1, 0.15) is 0 Å². The number of ether oxygens (including phenoxy) is 1. The second-order valence-corrected chi connectivity index (χ2v) is 3.25. The maximum Gasteiger partial charge on any atom is 0.156 e. The van der Waals surface area contributed by atoms with E-state index in [1.54, 1.807) is 0 Å². The lowest BCUT2D eigenvalue weighted by molar-refractivity contribution is 0.0578. The van der Waals surface area contributed by atoms with E-state index in [4.69, 9.17) is 10.00 Å². The maximum atomic E-state index is 8.46. The molecule has 0 aromatic rings. The van der Waals surface area contributed by atoms with Crippen molar-refractivity contribution in [1.29, 1.82) is 5.26 Å². The Morgan fingerprint density at radius 1 is 1.67 bits per heavy atom. The highest BCUT2D eigenvalue weighted by Gasteiger charge is 2.22. The van der Waals surface area contributed by atoms with Crippen LogP contribution in [0, 0.1) is 11.3 Å². The molecule has 2 atom stereocenters. The predicted molar refractivity (Wildman–Crippen MR) is 37.3 cm³/mol. The molecule has 2 nitrogen and oxygen atoms in total. The number of rotatable bonds is 0. The third-order valence-electron chi connectivity index (χ3n) is 1.38. The van der Waals surface area contributed by atoms with E-state index in [0.29, 0.717) is 0 Å². The van der Waals surface area contributed by atoms with Crippen LogP contribution in [0.2, 0.25) is 0 Å². The zero-order valence-electron chi connectivity index (χ0n) is 5.01. The van der Waals surface area contributed by atoms with E-state index < -0.39 is 0 Å². The first kappa shape index (κ1) is 7.04. The molecular weight excluding hydrogens is 182 g/mol. The minimum Gasteiger partial charge on any atom is -0.362 e. The van der Waals surface area contributed by atoms with Gasteiger partial charge in [-0.15, -0.1) is 0 Å². The van der Waals surface area contributed by atoms with E-state index in [1.165, 1.54) is 0 Å². The van der Waals surface area contributed by atoms with Gasteiger partial charge >= 0.3 is 0 Å². The fourth-order valence-corrected chi connectivity index (χ4v) is 1.46. The molecule has 0 amide bonds. The Morgan fingerprint density at radius 2 is 2.44 bits per heavy atom. The molecule has 0 spiro atoms. The first-order valence-electron chi connectivity index (χ1n) is 3.00. The lowest BCUT2D eigenvalue weighted by Gasteiger charge is -2.21. The highest BCUT2D eigenvalue weighted by Crippen LogP contribution is 2.19. The van der Waals surface area contributed by atoms with Crippen LogP contribution in [-0.2, 0) is 4.74 Å². The third kappa shape index (κ3) is 1.67. The summed E-state index contributed by atoms with van der Waals surface area (Å²) in [7, 11) is 0. The molecule has 1 aliphatic rings. The van der Waals surface area contributed by atoms with Crippen molar-refractivity contribution in [2.45, 2.75) is 23.8 Å². The summed E-state index contributed by atoms with van der Waals surface area (Å²) in [6, 6.07) is 2.08. The van der Waals surface area contributed by atoms with Gasteiger partial charge in [-0.2, -0.15) is 5.26 Å². The van der Waals surface area contributed by atoms with E-state index in [2.05, 4.69) is 22.0 Å². The van der Waals surface area contributed by atoms with Crippen LogP contribution >= 0.6 is 15.9 Å². The molecule has 0 bridgehead atoms. The number of alkyl halides is 1. The zero-order chi connectivity index (χ0) is 6.69. The second kappa shape index (κ2) is 3.19. The summed E-state index contributed by atoms with van der Waals surface area (Å²) in [5.74, 6) is 0. The molecule has 1 fully saturated rings. The van der Waals surface area contributed by atoms with Crippen molar-refractivity contribution in [2.24, 2.45) is 0 Å². The van der Waals surface area contributed by atoms with Gasteiger partial charge in [0.05, 0.1) is 10.9 Å². The minimum atomic E-state index is -0.223. The Morgan fingerprint density at radius 3 is 2.89 bits per heavy atom. The van der Waals surface area contributed by atoms with Gasteiger partial charge in [-0.05, 0) is 12.8 Å². The average Bonchev–Trinajstić information content (AvgIpc) is 1.89.